The number of fused-ring (bicyclic) bond motifs is 1. The Labute approximate surface area is 135 Å². The van der Waals surface area contributed by atoms with Crippen molar-refractivity contribution in [1.82, 2.24) is 9.80 Å². The van der Waals surface area contributed by atoms with Gasteiger partial charge >= 0.3 is 0 Å². The molecule has 0 spiro atoms. The van der Waals surface area contributed by atoms with E-state index in [-0.39, 0.29) is 5.78 Å². The standard InChI is InChI=1S/C16H20Cl2N2O/c17-12-4-5-14(15(18)9-12)16(21)11-19-6-2-8-20-7-1-3-13(20)10-19/h4-5,9,13H,1-3,6-8,10-11H2. The molecular formula is C16H20Cl2N2O. The van der Waals surface area contributed by atoms with Crippen molar-refractivity contribution in [3.63, 3.8) is 0 Å². The molecule has 1 aromatic rings. The van der Waals surface area contributed by atoms with Gasteiger partial charge in [0.15, 0.2) is 5.78 Å². The van der Waals surface area contributed by atoms with Crippen molar-refractivity contribution in [2.45, 2.75) is 25.3 Å². The third kappa shape index (κ3) is 3.59. The molecule has 0 N–H and O–H groups in total. The molecule has 2 saturated heterocycles. The Hall–Kier alpha value is -0.610. The van der Waals surface area contributed by atoms with Gasteiger partial charge in [0.1, 0.15) is 0 Å². The summed E-state index contributed by atoms with van der Waals surface area (Å²) in [5.74, 6) is 0.0862. The molecule has 0 aromatic heterocycles. The summed E-state index contributed by atoms with van der Waals surface area (Å²) in [6.45, 7) is 4.82. The Kier molecular flexibility index (Phi) is 4.85. The summed E-state index contributed by atoms with van der Waals surface area (Å²) in [6.07, 6.45) is 3.68. The quantitative estimate of drug-likeness (QED) is 0.796. The number of carbonyl (C=O) groups is 1. The maximum Gasteiger partial charge on any atom is 0.178 e. The van der Waals surface area contributed by atoms with Gasteiger partial charge in [0.25, 0.3) is 0 Å². The van der Waals surface area contributed by atoms with Gasteiger partial charge in [0.05, 0.1) is 11.6 Å². The number of ketones is 1. The Balaban J connectivity index is 1.66. The van der Waals surface area contributed by atoms with Crippen LogP contribution in [-0.2, 0) is 0 Å². The summed E-state index contributed by atoms with van der Waals surface area (Å²) in [6, 6.07) is 5.72. The Morgan fingerprint density at radius 2 is 2.00 bits per heavy atom. The minimum absolute atomic E-state index is 0.0862. The summed E-state index contributed by atoms with van der Waals surface area (Å²) >= 11 is 12.0. The molecule has 0 bridgehead atoms. The molecule has 2 fully saturated rings. The molecular weight excluding hydrogens is 307 g/mol. The minimum Gasteiger partial charge on any atom is -0.299 e. The molecule has 1 aromatic carbocycles. The van der Waals surface area contributed by atoms with E-state index >= 15 is 0 Å². The number of benzene rings is 1. The molecule has 0 aliphatic carbocycles. The van der Waals surface area contributed by atoms with Crippen LogP contribution in [0.4, 0.5) is 0 Å². The fourth-order valence-electron chi connectivity index (χ4n) is 3.43. The van der Waals surface area contributed by atoms with E-state index in [4.69, 9.17) is 23.2 Å². The van der Waals surface area contributed by atoms with E-state index in [1.165, 1.54) is 19.4 Å². The van der Waals surface area contributed by atoms with Crippen molar-refractivity contribution in [2.24, 2.45) is 0 Å². The molecule has 1 unspecified atom stereocenters. The van der Waals surface area contributed by atoms with Gasteiger partial charge in [-0.15, -0.1) is 0 Å². The first-order valence-corrected chi connectivity index (χ1v) is 8.34. The molecule has 3 rings (SSSR count). The van der Waals surface area contributed by atoms with Crippen LogP contribution >= 0.6 is 23.2 Å². The zero-order valence-corrected chi connectivity index (χ0v) is 13.5. The third-order valence-electron chi connectivity index (χ3n) is 4.49. The lowest BCUT2D eigenvalue weighted by molar-refractivity contribution is 0.0925. The number of rotatable bonds is 3. The number of Topliss-reactive ketones (excluding diaryl/α,β-unsaturated/α-hetero) is 1. The topological polar surface area (TPSA) is 23.6 Å². The van der Waals surface area contributed by atoms with Gasteiger partial charge in [-0.25, -0.2) is 0 Å². The molecule has 3 nitrogen and oxygen atoms in total. The van der Waals surface area contributed by atoms with Gasteiger partial charge in [0, 0.05) is 23.2 Å². The van der Waals surface area contributed by atoms with Crippen molar-refractivity contribution in [3.8, 4) is 0 Å². The zero-order valence-electron chi connectivity index (χ0n) is 12.0. The first kappa shape index (κ1) is 15.3. The second kappa shape index (κ2) is 6.66. The van der Waals surface area contributed by atoms with Crippen LogP contribution in [0.1, 0.15) is 29.6 Å². The highest BCUT2D eigenvalue weighted by molar-refractivity contribution is 6.36. The molecule has 2 heterocycles. The SMILES string of the molecule is O=C(CN1CCCN2CCCC2C1)c1ccc(Cl)cc1Cl. The van der Waals surface area contributed by atoms with Crippen LogP contribution in [0, 0.1) is 0 Å². The van der Waals surface area contributed by atoms with Crippen LogP contribution in [0.3, 0.4) is 0 Å². The van der Waals surface area contributed by atoms with Gasteiger partial charge in [-0.1, -0.05) is 23.2 Å². The monoisotopic (exact) mass is 326 g/mol. The largest absolute Gasteiger partial charge is 0.299 e. The molecule has 0 radical (unpaired) electrons. The van der Waals surface area contributed by atoms with Crippen LogP contribution in [-0.4, -0.2) is 54.3 Å². The van der Waals surface area contributed by atoms with Crippen molar-refractivity contribution in [2.75, 3.05) is 32.7 Å². The van der Waals surface area contributed by atoms with Crippen LogP contribution in [0.2, 0.25) is 10.0 Å². The van der Waals surface area contributed by atoms with Gasteiger partial charge in [0.2, 0.25) is 0 Å². The summed E-state index contributed by atoms with van der Waals surface area (Å²) < 4.78 is 0. The smallest absolute Gasteiger partial charge is 0.178 e. The highest BCUT2D eigenvalue weighted by Gasteiger charge is 2.29. The average molecular weight is 327 g/mol. The Morgan fingerprint density at radius 3 is 2.81 bits per heavy atom. The normalized spacial score (nSPS) is 23.8. The second-order valence-corrected chi connectivity index (χ2v) is 6.81. The molecule has 5 heteroatoms. The predicted molar refractivity (Wildman–Crippen MR) is 86.4 cm³/mol. The van der Waals surface area contributed by atoms with Crippen molar-refractivity contribution in [3.05, 3.63) is 33.8 Å². The van der Waals surface area contributed by atoms with E-state index in [0.29, 0.717) is 28.2 Å². The highest BCUT2D eigenvalue weighted by Crippen LogP contribution is 2.24. The molecule has 2 aliphatic rings. The zero-order chi connectivity index (χ0) is 14.8. The Morgan fingerprint density at radius 1 is 1.19 bits per heavy atom. The third-order valence-corrected chi connectivity index (χ3v) is 5.03. The molecule has 114 valence electrons. The lowest BCUT2D eigenvalue weighted by Crippen LogP contribution is -2.38. The highest BCUT2D eigenvalue weighted by atomic mass is 35.5. The number of hydrogen-bond donors (Lipinski definition) is 0. The van der Waals surface area contributed by atoms with Crippen molar-refractivity contribution in [1.29, 1.82) is 0 Å². The predicted octanol–water partition coefficient (Wildman–Crippen LogP) is 3.35. The summed E-state index contributed by atoms with van der Waals surface area (Å²) in [5, 5.41) is 1.01. The average Bonchev–Trinajstić information content (AvgIpc) is 2.77. The van der Waals surface area contributed by atoms with Gasteiger partial charge in [-0.05, 0) is 57.1 Å². The van der Waals surface area contributed by atoms with Crippen molar-refractivity contribution < 1.29 is 4.79 Å². The first-order valence-electron chi connectivity index (χ1n) is 7.58. The van der Waals surface area contributed by atoms with Gasteiger partial charge in [-0.2, -0.15) is 0 Å². The second-order valence-electron chi connectivity index (χ2n) is 5.97. The molecule has 21 heavy (non-hydrogen) atoms. The fourth-order valence-corrected chi connectivity index (χ4v) is 3.94. The van der Waals surface area contributed by atoms with Crippen molar-refractivity contribution >= 4 is 29.0 Å². The molecule has 0 amide bonds. The van der Waals surface area contributed by atoms with Gasteiger partial charge < -0.3 is 0 Å². The molecule has 0 saturated carbocycles. The number of carbonyl (C=O) groups excluding carboxylic acids is 1. The lowest BCUT2D eigenvalue weighted by atomic mass is 10.1. The van der Waals surface area contributed by atoms with E-state index in [9.17, 15) is 4.79 Å². The van der Waals surface area contributed by atoms with E-state index in [2.05, 4.69) is 9.80 Å². The fraction of sp³-hybridized carbons (Fsp3) is 0.562. The van der Waals surface area contributed by atoms with Crippen LogP contribution in [0.5, 0.6) is 0 Å². The number of nitrogens with zero attached hydrogens (tertiary/aromatic N) is 2. The summed E-state index contributed by atoms with van der Waals surface area (Å²) in [7, 11) is 0. The molecule has 2 aliphatic heterocycles. The van der Waals surface area contributed by atoms with Crippen LogP contribution in [0.15, 0.2) is 18.2 Å². The minimum atomic E-state index is 0.0862. The maximum atomic E-state index is 12.5. The van der Waals surface area contributed by atoms with Crippen LogP contribution < -0.4 is 0 Å². The number of hydrogen-bond acceptors (Lipinski definition) is 3. The first-order chi connectivity index (χ1) is 10.1. The van der Waals surface area contributed by atoms with E-state index in [0.717, 1.165) is 26.1 Å². The number of halogens is 2. The Bertz CT molecular complexity index is 535. The van der Waals surface area contributed by atoms with E-state index in [1.54, 1.807) is 18.2 Å². The molecule has 1 atom stereocenters. The maximum absolute atomic E-state index is 12.5. The van der Waals surface area contributed by atoms with Crippen LogP contribution in [0.25, 0.3) is 0 Å². The lowest BCUT2D eigenvalue weighted by Gasteiger charge is -2.25. The summed E-state index contributed by atoms with van der Waals surface area (Å²) in [4.78, 5) is 17.3. The van der Waals surface area contributed by atoms with E-state index < -0.39 is 0 Å². The van der Waals surface area contributed by atoms with Gasteiger partial charge in [-0.3, -0.25) is 14.6 Å². The summed E-state index contributed by atoms with van der Waals surface area (Å²) in [5.41, 5.74) is 0.577. The van der Waals surface area contributed by atoms with E-state index in [1.807, 2.05) is 0 Å².